The van der Waals surface area contributed by atoms with Crippen LogP contribution in [-0.2, 0) is 4.79 Å². The number of benzene rings is 1. The van der Waals surface area contributed by atoms with Gasteiger partial charge < -0.3 is 14.6 Å². The van der Waals surface area contributed by atoms with E-state index in [0.717, 1.165) is 12.8 Å². The fraction of sp³-hybridized carbons (Fsp3) is 0.300. The van der Waals surface area contributed by atoms with E-state index in [0.29, 0.717) is 30.3 Å². The Balaban J connectivity index is 1.82. The average Bonchev–Trinajstić information content (AvgIpc) is 3.14. The van der Waals surface area contributed by atoms with E-state index in [1.54, 1.807) is 47.4 Å². The molecule has 1 aromatic carbocycles. The van der Waals surface area contributed by atoms with E-state index < -0.39 is 0 Å². The van der Waals surface area contributed by atoms with Crippen LogP contribution in [0.3, 0.4) is 0 Å². The number of carbonyl (C=O) groups excluding carboxylic acids is 2. The first-order valence-electron chi connectivity index (χ1n) is 8.54. The highest BCUT2D eigenvalue weighted by Crippen LogP contribution is 2.18. The van der Waals surface area contributed by atoms with Gasteiger partial charge >= 0.3 is 0 Å². The van der Waals surface area contributed by atoms with Crippen molar-refractivity contribution in [2.24, 2.45) is 5.92 Å². The quantitative estimate of drug-likeness (QED) is 0.870. The van der Waals surface area contributed by atoms with Gasteiger partial charge in [-0.3, -0.25) is 9.59 Å². The molecule has 1 aliphatic rings. The lowest BCUT2D eigenvalue weighted by Gasteiger charge is -2.31. The molecular weight excluding hydrogens is 316 g/mol. The van der Waals surface area contributed by atoms with Crippen LogP contribution in [0.5, 0.6) is 0 Å². The molecule has 2 amide bonds. The van der Waals surface area contributed by atoms with Crippen LogP contribution in [-0.4, -0.2) is 29.8 Å². The van der Waals surface area contributed by atoms with E-state index in [1.165, 1.54) is 6.26 Å². The van der Waals surface area contributed by atoms with Crippen molar-refractivity contribution in [2.45, 2.75) is 19.8 Å². The molecule has 1 fully saturated rings. The summed E-state index contributed by atoms with van der Waals surface area (Å²) in [5.74, 6) is 0.512. The van der Waals surface area contributed by atoms with Gasteiger partial charge in [0.2, 0.25) is 0 Å². The molecule has 5 nitrogen and oxygen atoms in total. The molecule has 2 heterocycles. The molecule has 1 N–H and O–H groups in total. The molecule has 25 heavy (non-hydrogen) atoms. The third kappa shape index (κ3) is 4.38. The Kier molecular flexibility index (Phi) is 5.33. The third-order valence-corrected chi connectivity index (χ3v) is 4.29. The first-order valence-corrected chi connectivity index (χ1v) is 8.54. The molecule has 0 radical (unpaired) electrons. The van der Waals surface area contributed by atoms with Crippen molar-refractivity contribution in [1.29, 1.82) is 0 Å². The van der Waals surface area contributed by atoms with Crippen LogP contribution in [0.25, 0.3) is 6.08 Å². The molecule has 2 aromatic rings. The van der Waals surface area contributed by atoms with Gasteiger partial charge in [0.25, 0.3) is 11.8 Å². The summed E-state index contributed by atoms with van der Waals surface area (Å²) >= 11 is 0. The van der Waals surface area contributed by atoms with Crippen molar-refractivity contribution in [2.75, 3.05) is 13.1 Å². The highest BCUT2D eigenvalue weighted by molar-refractivity contribution is 6.05. The minimum absolute atomic E-state index is 0.174. The molecule has 5 heteroatoms. The lowest BCUT2D eigenvalue weighted by molar-refractivity contribution is -0.129. The minimum atomic E-state index is -0.309. The van der Waals surface area contributed by atoms with Gasteiger partial charge in [-0.1, -0.05) is 25.1 Å². The first kappa shape index (κ1) is 17.0. The van der Waals surface area contributed by atoms with Crippen LogP contribution in [0.1, 0.15) is 35.9 Å². The van der Waals surface area contributed by atoms with Crippen molar-refractivity contribution in [3.8, 4) is 0 Å². The molecule has 1 aromatic heterocycles. The van der Waals surface area contributed by atoms with Gasteiger partial charge in [0.1, 0.15) is 11.5 Å². The highest BCUT2D eigenvalue weighted by Gasteiger charge is 2.25. The van der Waals surface area contributed by atoms with Crippen LogP contribution in [0.15, 0.2) is 58.8 Å². The van der Waals surface area contributed by atoms with E-state index in [-0.39, 0.29) is 17.5 Å². The maximum Gasteiger partial charge on any atom is 0.270 e. The summed E-state index contributed by atoms with van der Waals surface area (Å²) in [5.41, 5.74) is 0.741. The van der Waals surface area contributed by atoms with Crippen molar-refractivity contribution >= 4 is 17.9 Å². The monoisotopic (exact) mass is 338 g/mol. The number of furan rings is 1. The van der Waals surface area contributed by atoms with E-state index in [4.69, 9.17) is 4.42 Å². The molecule has 1 atom stereocenters. The Hall–Kier alpha value is -2.82. The Bertz CT molecular complexity index is 751. The number of nitrogens with one attached hydrogen (secondary N) is 1. The van der Waals surface area contributed by atoms with E-state index in [1.807, 2.05) is 6.07 Å². The highest BCUT2D eigenvalue weighted by atomic mass is 16.3. The normalized spacial score (nSPS) is 18.0. The van der Waals surface area contributed by atoms with Crippen LogP contribution >= 0.6 is 0 Å². The molecule has 1 saturated heterocycles. The van der Waals surface area contributed by atoms with Gasteiger partial charge in [-0.2, -0.15) is 0 Å². The molecule has 130 valence electrons. The number of hydrogen-bond donors (Lipinski definition) is 1. The summed E-state index contributed by atoms with van der Waals surface area (Å²) in [5, 5.41) is 2.75. The first-order chi connectivity index (χ1) is 12.1. The number of hydrogen-bond acceptors (Lipinski definition) is 3. The largest absolute Gasteiger partial charge is 0.465 e. The second-order valence-electron chi connectivity index (χ2n) is 6.39. The van der Waals surface area contributed by atoms with Crippen molar-refractivity contribution in [3.05, 3.63) is 65.7 Å². The fourth-order valence-electron chi connectivity index (χ4n) is 3.00. The second-order valence-corrected chi connectivity index (χ2v) is 6.39. The van der Waals surface area contributed by atoms with Gasteiger partial charge in [-0.05, 0) is 43.0 Å². The molecule has 1 aliphatic heterocycles. The fourth-order valence-corrected chi connectivity index (χ4v) is 3.00. The van der Waals surface area contributed by atoms with Gasteiger partial charge in [-0.15, -0.1) is 0 Å². The van der Waals surface area contributed by atoms with Crippen LogP contribution in [0, 0.1) is 5.92 Å². The van der Waals surface area contributed by atoms with Crippen molar-refractivity contribution in [3.63, 3.8) is 0 Å². The Morgan fingerprint density at radius 2 is 2.00 bits per heavy atom. The number of nitrogens with zero attached hydrogens (tertiary/aromatic N) is 1. The molecule has 0 spiro atoms. The summed E-state index contributed by atoms with van der Waals surface area (Å²) in [4.78, 5) is 27.2. The van der Waals surface area contributed by atoms with Crippen LogP contribution in [0.2, 0.25) is 0 Å². The SMILES string of the molecule is CC1CCCN(C(=O)/C(=C/c2ccco2)NC(=O)c2ccccc2)C1. The molecule has 0 aliphatic carbocycles. The van der Waals surface area contributed by atoms with Gasteiger partial charge in [-0.25, -0.2) is 0 Å². The number of carbonyl (C=O) groups is 2. The predicted molar refractivity (Wildman–Crippen MR) is 95.6 cm³/mol. The Morgan fingerprint density at radius 3 is 2.68 bits per heavy atom. The Labute approximate surface area is 147 Å². The molecule has 0 bridgehead atoms. The predicted octanol–water partition coefficient (Wildman–Crippen LogP) is 3.31. The lowest BCUT2D eigenvalue weighted by Crippen LogP contribution is -2.43. The van der Waals surface area contributed by atoms with Crippen LogP contribution in [0.4, 0.5) is 0 Å². The average molecular weight is 338 g/mol. The number of likely N-dealkylation sites (tertiary alicyclic amines) is 1. The summed E-state index contributed by atoms with van der Waals surface area (Å²) in [6, 6.07) is 12.4. The summed E-state index contributed by atoms with van der Waals surface area (Å²) in [6.45, 7) is 3.55. The maximum absolute atomic E-state index is 12.9. The minimum Gasteiger partial charge on any atom is -0.465 e. The standard InChI is InChI=1S/C20H22N2O3/c1-15-7-5-11-22(14-15)20(24)18(13-17-10-6-12-25-17)21-19(23)16-8-3-2-4-9-16/h2-4,6,8-10,12-13,15H,5,7,11,14H2,1H3,(H,21,23)/b18-13-. The number of rotatable bonds is 4. The molecular formula is C20H22N2O3. The summed E-state index contributed by atoms with van der Waals surface area (Å²) in [6.07, 6.45) is 5.23. The number of amides is 2. The third-order valence-electron chi connectivity index (χ3n) is 4.29. The summed E-state index contributed by atoms with van der Waals surface area (Å²) < 4.78 is 5.31. The van der Waals surface area contributed by atoms with E-state index in [2.05, 4.69) is 12.2 Å². The van der Waals surface area contributed by atoms with Crippen LogP contribution < -0.4 is 5.32 Å². The molecule has 1 unspecified atom stereocenters. The lowest BCUT2D eigenvalue weighted by atomic mass is 10.00. The topological polar surface area (TPSA) is 62.6 Å². The molecule has 3 rings (SSSR count). The smallest absolute Gasteiger partial charge is 0.270 e. The van der Waals surface area contributed by atoms with Gasteiger partial charge in [0, 0.05) is 24.7 Å². The molecule has 0 saturated carbocycles. The van der Waals surface area contributed by atoms with Gasteiger partial charge in [0.15, 0.2) is 0 Å². The zero-order valence-electron chi connectivity index (χ0n) is 14.3. The summed E-state index contributed by atoms with van der Waals surface area (Å²) in [7, 11) is 0. The van der Waals surface area contributed by atoms with Crippen molar-refractivity contribution < 1.29 is 14.0 Å². The zero-order chi connectivity index (χ0) is 17.6. The van der Waals surface area contributed by atoms with Gasteiger partial charge in [0.05, 0.1) is 6.26 Å². The van der Waals surface area contributed by atoms with E-state index in [9.17, 15) is 9.59 Å². The zero-order valence-corrected chi connectivity index (χ0v) is 14.3. The van der Waals surface area contributed by atoms with E-state index >= 15 is 0 Å². The number of piperidine rings is 1. The van der Waals surface area contributed by atoms with Crippen molar-refractivity contribution in [1.82, 2.24) is 10.2 Å². The Morgan fingerprint density at radius 1 is 1.20 bits per heavy atom. The second kappa shape index (κ2) is 7.83. The maximum atomic E-state index is 12.9.